The third-order valence-corrected chi connectivity index (χ3v) is 8.24. The molecule has 2 bridgehead atoms. The van der Waals surface area contributed by atoms with Gasteiger partial charge in [-0.2, -0.15) is 0 Å². The summed E-state index contributed by atoms with van der Waals surface area (Å²) in [6.07, 6.45) is 7.54. The summed E-state index contributed by atoms with van der Waals surface area (Å²) in [7, 11) is 0. The van der Waals surface area contributed by atoms with Gasteiger partial charge in [0, 0.05) is 11.5 Å². The maximum absolute atomic E-state index is 14.5. The van der Waals surface area contributed by atoms with Crippen molar-refractivity contribution in [3.05, 3.63) is 71.8 Å². The first-order chi connectivity index (χ1) is 14.3. The van der Waals surface area contributed by atoms with Crippen LogP contribution >= 0.6 is 0 Å². The molecule has 2 aromatic rings. The second-order valence-electron chi connectivity index (χ2n) is 9.47. The van der Waals surface area contributed by atoms with Gasteiger partial charge >= 0.3 is 0 Å². The van der Waals surface area contributed by atoms with Gasteiger partial charge in [0.2, 0.25) is 0 Å². The number of carbonyl (C=O) groups excluding carboxylic acids is 1. The third-order valence-electron chi connectivity index (χ3n) is 8.24. The number of benzene rings is 2. The molecule has 0 radical (unpaired) electrons. The van der Waals surface area contributed by atoms with Crippen molar-refractivity contribution >= 4 is 16.9 Å². The predicted molar refractivity (Wildman–Crippen MR) is 117 cm³/mol. The Labute approximate surface area is 173 Å². The van der Waals surface area contributed by atoms with E-state index in [2.05, 4.69) is 65.6 Å². The van der Waals surface area contributed by atoms with Crippen molar-refractivity contribution in [2.24, 2.45) is 17.8 Å². The van der Waals surface area contributed by atoms with Crippen LogP contribution < -0.4 is 0 Å². The molecule has 2 aromatic carbocycles. The van der Waals surface area contributed by atoms with Crippen molar-refractivity contribution in [1.29, 1.82) is 0 Å². The van der Waals surface area contributed by atoms with E-state index in [0.717, 1.165) is 24.2 Å². The van der Waals surface area contributed by atoms with Gasteiger partial charge in [-0.05, 0) is 73.7 Å². The van der Waals surface area contributed by atoms with Crippen molar-refractivity contribution in [2.45, 2.75) is 44.1 Å². The van der Waals surface area contributed by atoms with E-state index in [9.17, 15) is 4.79 Å². The minimum atomic E-state index is -0.278. The van der Waals surface area contributed by atoms with Gasteiger partial charge in [-0.15, -0.1) is 0 Å². The first-order valence-electron chi connectivity index (χ1n) is 11.5. The highest BCUT2D eigenvalue weighted by atomic mass is 16.1. The zero-order valence-electron chi connectivity index (χ0n) is 17.0. The fraction of sp³-hybridized carbons (Fsp3) is 0.444. The number of ketones is 1. The van der Waals surface area contributed by atoms with Crippen LogP contribution in [0.25, 0.3) is 11.1 Å². The van der Waals surface area contributed by atoms with Gasteiger partial charge in [0.25, 0.3) is 0 Å². The number of hydrogen-bond acceptors (Lipinski definition) is 2. The number of Topliss-reactive ketones (excluding diaryl/α,β-unsaturated/α-hetero) is 1. The average Bonchev–Trinajstić information content (AvgIpc) is 3.46. The zero-order chi connectivity index (χ0) is 19.4. The van der Waals surface area contributed by atoms with Crippen molar-refractivity contribution in [3.8, 4) is 0 Å². The molecule has 2 saturated carbocycles. The van der Waals surface area contributed by atoms with Crippen LogP contribution in [0.1, 0.15) is 49.7 Å². The predicted octanol–water partition coefficient (Wildman–Crippen LogP) is 5.45. The monoisotopic (exact) mass is 383 g/mol. The smallest absolute Gasteiger partial charge is 0.184 e. The first kappa shape index (κ1) is 17.7. The van der Waals surface area contributed by atoms with Crippen molar-refractivity contribution < 1.29 is 4.79 Å². The van der Waals surface area contributed by atoms with E-state index in [1.54, 1.807) is 0 Å². The molecule has 6 rings (SSSR count). The third kappa shape index (κ3) is 2.36. The number of likely N-dealkylation sites (tertiary alicyclic amines) is 1. The van der Waals surface area contributed by atoms with Gasteiger partial charge in [-0.25, -0.2) is 0 Å². The van der Waals surface area contributed by atoms with Crippen LogP contribution in [0.3, 0.4) is 0 Å². The molecular weight excluding hydrogens is 354 g/mol. The minimum Gasteiger partial charge on any atom is -0.292 e. The molecule has 0 N–H and O–H groups in total. The lowest BCUT2D eigenvalue weighted by Crippen LogP contribution is -2.61. The van der Waals surface area contributed by atoms with Crippen LogP contribution in [-0.2, 0) is 4.79 Å². The summed E-state index contributed by atoms with van der Waals surface area (Å²) in [6, 6.07) is 21.3. The molecule has 3 aliphatic carbocycles. The Kier molecular flexibility index (Phi) is 4.06. The molecule has 0 aromatic heterocycles. The van der Waals surface area contributed by atoms with E-state index in [1.165, 1.54) is 49.7 Å². The van der Waals surface area contributed by atoms with E-state index >= 15 is 0 Å². The summed E-state index contributed by atoms with van der Waals surface area (Å²) < 4.78 is 0. The first-order valence-corrected chi connectivity index (χ1v) is 11.5. The molecule has 1 heterocycles. The van der Waals surface area contributed by atoms with Gasteiger partial charge in [-0.3, -0.25) is 9.69 Å². The lowest BCUT2D eigenvalue weighted by atomic mass is 9.69. The molecular formula is C27H29NO. The molecule has 1 aliphatic heterocycles. The van der Waals surface area contributed by atoms with E-state index in [-0.39, 0.29) is 5.54 Å². The van der Waals surface area contributed by atoms with E-state index < -0.39 is 0 Å². The fourth-order valence-electron chi connectivity index (χ4n) is 7.29. The van der Waals surface area contributed by atoms with Crippen LogP contribution in [0.2, 0.25) is 0 Å². The minimum absolute atomic E-state index is 0.278. The average molecular weight is 384 g/mol. The summed E-state index contributed by atoms with van der Waals surface area (Å²) >= 11 is 0. The maximum Gasteiger partial charge on any atom is 0.184 e. The van der Waals surface area contributed by atoms with Gasteiger partial charge in [0.05, 0.1) is 5.54 Å². The Morgan fingerprint density at radius 1 is 0.793 bits per heavy atom. The summed E-state index contributed by atoms with van der Waals surface area (Å²) in [5.74, 6) is 1.98. The van der Waals surface area contributed by atoms with Gasteiger partial charge < -0.3 is 0 Å². The number of nitrogens with zero attached hydrogens (tertiary/aromatic N) is 1. The van der Waals surface area contributed by atoms with Crippen molar-refractivity contribution in [3.63, 3.8) is 0 Å². The largest absolute Gasteiger partial charge is 0.292 e. The fourth-order valence-corrected chi connectivity index (χ4v) is 7.29. The quantitative estimate of drug-likeness (QED) is 0.702. The van der Waals surface area contributed by atoms with E-state index in [4.69, 9.17) is 0 Å². The van der Waals surface area contributed by atoms with Gasteiger partial charge in [-0.1, -0.05) is 67.1 Å². The van der Waals surface area contributed by atoms with E-state index in [0.29, 0.717) is 23.5 Å². The van der Waals surface area contributed by atoms with E-state index in [1.807, 2.05) is 0 Å². The SMILES string of the molecule is O=C1C(c2ccccc2)=C(c2ccccc2)[C@H]2C3CCC(C3)[C@@]12N1CCCCC1. The molecule has 4 aliphatic rings. The summed E-state index contributed by atoms with van der Waals surface area (Å²) in [4.78, 5) is 17.1. The number of piperidine rings is 1. The number of carbonyl (C=O) groups is 1. The molecule has 1 saturated heterocycles. The topological polar surface area (TPSA) is 20.3 Å². The molecule has 4 atom stereocenters. The van der Waals surface area contributed by atoms with Gasteiger partial charge in [0.1, 0.15) is 0 Å². The Hall–Kier alpha value is -2.19. The highest BCUT2D eigenvalue weighted by Gasteiger charge is 2.69. The van der Waals surface area contributed by atoms with Gasteiger partial charge in [0.15, 0.2) is 5.78 Å². The second-order valence-corrected chi connectivity index (χ2v) is 9.47. The van der Waals surface area contributed by atoms with Crippen LogP contribution in [0.15, 0.2) is 60.7 Å². The van der Waals surface area contributed by atoms with Crippen molar-refractivity contribution in [1.82, 2.24) is 4.90 Å². The molecule has 29 heavy (non-hydrogen) atoms. The molecule has 3 fully saturated rings. The Balaban J connectivity index is 1.60. The number of hydrogen-bond donors (Lipinski definition) is 0. The number of fused-ring (bicyclic) bond motifs is 5. The highest BCUT2D eigenvalue weighted by molar-refractivity contribution is 6.36. The van der Waals surface area contributed by atoms with Crippen molar-refractivity contribution in [2.75, 3.05) is 13.1 Å². The van der Waals surface area contributed by atoms with Crippen LogP contribution in [0.5, 0.6) is 0 Å². The standard InChI is InChI=1S/C27H29NO/c29-26-24(20-12-6-2-7-13-20)23(19-10-4-1-5-11-19)25-21-14-15-22(18-21)27(25,26)28-16-8-3-9-17-28/h1-2,4-7,10-13,21-22,25H,3,8-9,14-18H2/t21?,22?,25-,27+/m1/s1. The Bertz CT molecular complexity index is 957. The van der Waals surface area contributed by atoms with Crippen LogP contribution in [-0.4, -0.2) is 29.3 Å². The summed E-state index contributed by atoms with van der Waals surface area (Å²) in [5.41, 5.74) is 4.46. The summed E-state index contributed by atoms with van der Waals surface area (Å²) in [5, 5.41) is 0. The Morgan fingerprint density at radius 2 is 1.45 bits per heavy atom. The zero-order valence-corrected chi connectivity index (χ0v) is 17.0. The molecule has 2 unspecified atom stereocenters. The molecule has 148 valence electrons. The highest BCUT2D eigenvalue weighted by Crippen LogP contribution is 2.67. The van der Waals surface area contributed by atoms with Crippen LogP contribution in [0.4, 0.5) is 0 Å². The Morgan fingerprint density at radius 3 is 2.14 bits per heavy atom. The second kappa shape index (κ2) is 6.67. The summed E-state index contributed by atoms with van der Waals surface area (Å²) in [6.45, 7) is 2.19. The lowest BCUT2D eigenvalue weighted by molar-refractivity contribution is -0.131. The maximum atomic E-state index is 14.5. The molecule has 0 spiro atoms. The normalized spacial score (nSPS) is 34.1. The molecule has 0 amide bonds. The van der Waals surface area contributed by atoms with Crippen LogP contribution in [0, 0.1) is 17.8 Å². The number of rotatable bonds is 3. The molecule has 2 heteroatoms. The molecule has 2 nitrogen and oxygen atoms in total. The lowest BCUT2D eigenvalue weighted by Gasteiger charge is -2.49.